The summed E-state index contributed by atoms with van der Waals surface area (Å²) in [5.74, 6) is 0.901. The summed E-state index contributed by atoms with van der Waals surface area (Å²) in [6.07, 6.45) is 0. The molecule has 0 saturated heterocycles. The Labute approximate surface area is 167 Å². The summed E-state index contributed by atoms with van der Waals surface area (Å²) < 4.78 is 1.05. The summed E-state index contributed by atoms with van der Waals surface area (Å²) >= 11 is 9.48. The lowest BCUT2D eigenvalue weighted by atomic mass is 10.2. The van der Waals surface area contributed by atoms with Crippen LogP contribution < -0.4 is 22.7 Å². The summed E-state index contributed by atoms with van der Waals surface area (Å²) in [6.45, 7) is 2.08. The minimum absolute atomic E-state index is 0. The van der Waals surface area contributed by atoms with Crippen molar-refractivity contribution in [2.45, 2.75) is 6.92 Å². The quantitative estimate of drug-likeness (QED) is 0.475. The van der Waals surface area contributed by atoms with Crippen molar-refractivity contribution in [2.75, 3.05) is 5.32 Å². The van der Waals surface area contributed by atoms with Gasteiger partial charge in [0.25, 0.3) is 5.84 Å². The molecule has 0 aromatic heterocycles. The Bertz CT molecular complexity index is 842. The van der Waals surface area contributed by atoms with Gasteiger partial charge in [-0.05, 0) is 67.6 Å². The molecule has 3 aromatic carbocycles. The van der Waals surface area contributed by atoms with Crippen molar-refractivity contribution in [3.63, 3.8) is 0 Å². The zero-order valence-corrected chi connectivity index (χ0v) is 16.7. The minimum atomic E-state index is 0. The second-order valence-electron chi connectivity index (χ2n) is 5.50. The summed E-state index contributed by atoms with van der Waals surface area (Å²) in [6, 6.07) is 24.1. The van der Waals surface area contributed by atoms with E-state index in [0.29, 0.717) is 0 Å². The number of amidine groups is 1. The van der Waals surface area contributed by atoms with Crippen LogP contribution in [0.2, 0.25) is 5.02 Å². The molecule has 128 valence electrons. The largest absolute Gasteiger partial charge is 1.00 e. The predicted octanol–water partition coefficient (Wildman–Crippen LogP) is 1.69. The maximum Gasteiger partial charge on any atom is 0.285 e. The van der Waals surface area contributed by atoms with Crippen LogP contribution in [0.3, 0.4) is 0 Å². The van der Waals surface area contributed by atoms with Gasteiger partial charge in [0.05, 0.1) is 5.56 Å². The molecule has 0 aliphatic carbocycles. The third kappa shape index (κ3) is 5.60. The van der Waals surface area contributed by atoms with E-state index in [-0.39, 0.29) is 12.4 Å². The summed E-state index contributed by atoms with van der Waals surface area (Å²) in [5.41, 5.74) is 4.29. The number of hydrogen-bond acceptors (Lipinski definition) is 0. The van der Waals surface area contributed by atoms with Gasteiger partial charge in [0.15, 0.2) is 0 Å². The molecule has 2 N–H and O–H groups in total. The van der Waals surface area contributed by atoms with E-state index >= 15 is 0 Å². The minimum Gasteiger partial charge on any atom is -1.00 e. The van der Waals surface area contributed by atoms with Crippen molar-refractivity contribution >= 4 is 44.7 Å². The smallest absolute Gasteiger partial charge is 0.285 e. The molecule has 5 heteroatoms. The highest BCUT2D eigenvalue weighted by Crippen LogP contribution is 2.16. The zero-order valence-electron chi connectivity index (χ0n) is 13.6. The number of rotatable bonds is 3. The molecule has 0 radical (unpaired) electrons. The van der Waals surface area contributed by atoms with Gasteiger partial charge in [-0.15, -0.1) is 0 Å². The molecular weight excluding hydrogens is 419 g/mol. The second-order valence-corrected chi connectivity index (χ2v) is 6.86. The molecule has 0 atom stereocenters. The third-order valence-electron chi connectivity index (χ3n) is 3.57. The fourth-order valence-electron chi connectivity index (χ4n) is 2.25. The van der Waals surface area contributed by atoms with Crippen molar-refractivity contribution in [3.8, 4) is 0 Å². The number of benzene rings is 3. The highest BCUT2D eigenvalue weighted by Gasteiger charge is 2.12. The Morgan fingerprint density at radius 1 is 0.880 bits per heavy atom. The van der Waals surface area contributed by atoms with E-state index < -0.39 is 0 Å². The average molecular weight is 436 g/mol. The summed E-state index contributed by atoms with van der Waals surface area (Å²) in [7, 11) is 0. The Morgan fingerprint density at radius 3 is 2.08 bits per heavy atom. The molecule has 0 aliphatic heterocycles. The molecule has 3 aromatic rings. The molecule has 0 aliphatic rings. The van der Waals surface area contributed by atoms with Crippen molar-refractivity contribution in [3.05, 3.63) is 93.4 Å². The fourth-order valence-corrected chi connectivity index (χ4v) is 2.64. The summed E-state index contributed by atoms with van der Waals surface area (Å²) in [4.78, 5) is 3.46. The third-order valence-corrected chi connectivity index (χ3v) is 4.35. The Kier molecular flexibility index (Phi) is 7.06. The highest BCUT2D eigenvalue weighted by atomic mass is 79.9. The molecule has 2 nitrogen and oxygen atoms in total. The van der Waals surface area contributed by atoms with Crippen molar-refractivity contribution in [1.29, 1.82) is 0 Å². The highest BCUT2D eigenvalue weighted by molar-refractivity contribution is 9.10. The van der Waals surface area contributed by atoms with E-state index in [1.165, 1.54) is 5.56 Å². The van der Waals surface area contributed by atoms with E-state index in [0.717, 1.165) is 32.3 Å². The standard InChI is InChI=1S/C20H16BrClN2.ClH/c1-14-2-10-18(11-3-14)23-20(15-4-8-17(22)9-5-15)24-19-12-6-16(21)7-13-19;/h2-13H,1H3,(H,23,24);1H. The van der Waals surface area contributed by atoms with Crippen LogP contribution in [0.4, 0.5) is 11.4 Å². The molecule has 0 amide bonds. The second kappa shape index (κ2) is 9.04. The van der Waals surface area contributed by atoms with Crippen LogP contribution in [0.5, 0.6) is 0 Å². The first-order chi connectivity index (χ1) is 11.6. The van der Waals surface area contributed by atoms with Gasteiger partial charge in [-0.3, -0.25) is 0 Å². The molecule has 3 rings (SSSR count). The van der Waals surface area contributed by atoms with Crippen LogP contribution >= 0.6 is 27.5 Å². The SMILES string of the molecule is Cc1ccc([NH+]=C(Nc2ccc(Br)cc2)c2ccc(Cl)cc2)cc1.[Cl-]. The molecule has 0 spiro atoms. The van der Waals surface area contributed by atoms with Crippen LogP contribution in [0, 0.1) is 6.92 Å². The Hall–Kier alpha value is -1.81. The summed E-state index contributed by atoms with van der Waals surface area (Å²) in [5, 5.41) is 4.17. The average Bonchev–Trinajstić information content (AvgIpc) is 2.59. The molecule has 25 heavy (non-hydrogen) atoms. The number of nitrogens with one attached hydrogen (secondary N) is 2. The van der Waals surface area contributed by atoms with E-state index in [9.17, 15) is 0 Å². The van der Waals surface area contributed by atoms with Crippen molar-refractivity contribution in [1.82, 2.24) is 0 Å². The fraction of sp³-hybridized carbons (Fsp3) is 0.0500. The van der Waals surface area contributed by atoms with Gasteiger partial charge in [-0.2, -0.15) is 0 Å². The van der Waals surface area contributed by atoms with Crippen LogP contribution in [0.15, 0.2) is 77.3 Å². The van der Waals surface area contributed by atoms with Crippen LogP contribution in [-0.2, 0) is 0 Å². The normalized spacial score (nSPS) is 10.9. The Morgan fingerprint density at radius 2 is 1.48 bits per heavy atom. The molecule has 0 unspecified atom stereocenters. The van der Waals surface area contributed by atoms with E-state index in [1.807, 2.05) is 48.5 Å². The first-order valence-electron chi connectivity index (χ1n) is 7.59. The maximum atomic E-state index is 6.02. The van der Waals surface area contributed by atoms with Gasteiger partial charge in [0.1, 0.15) is 11.4 Å². The number of halogens is 3. The lowest BCUT2D eigenvalue weighted by Crippen LogP contribution is -3.00. The van der Waals surface area contributed by atoms with E-state index in [1.54, 1.807) is 0 Å². The van der Waals surface area contributed by atoms with Crippen LogP contribution in [0.25, 0.3) is 0 Å². The Balaban J connectivity index is 0.00000225. The number of anilines is 1. The van der Waals surface area contributed by atoms with Crippen molar-refractivity contribution in [2.24, 2.45) is 0 Å². The van der Waals surface area contributed by atoms with Gasteiger partial charge in [0.2, 0.25) is 0 Å². The monoisotopic (exact) mass is 434 g/mol. The van der Waals surface area contributed by atoms with E-state index in [2.05, 4.69) is 57.4 Å². The maximum absolute atomic E-state index is 6.02. The lowest BCUT2D eigenvalue weighted by Gasteiger charge is -2.05. The van der Waals surface area contributed by atoms with Gasteiger partial charge >= 0.3 is 0 Å². The number of aryl methyl sites for hydroxylation is 1. The topological polar surface area (TPSA) is 26.0 Å². The van der Waals surface area contributed by atoms with Gasteiger partial charge < -0.3 is 12.4 Å². The van der Waals surface area contributed by atoms with Crippen molar-refractivity contribution < 1.29 is 17.4 Å². The van der Waals surface area contributed by atoms with Gasteiger partial charge in [-0.25, -0.2) is 10.3 Å². The first-order valence-corrected chi connectivity index (χ1v) is 8.76. The molecular formula is C20H17BrCl2N2. The van der Waals surface area contributed by atoms with E-state index in [4.69, 9.17) is 11.6 Å². The van der Waals surface area contributed by atoms with Crippen LogP contribution in [0.1, 0.15) is 11.1 Å². The molecule has 0 heterocycles. The van der Waals surface area contributed by atoms with Gasteiger partial charge in [0, 0.05) is 9.50 Å². The lowest BCUT2D eigenvalue weighted by molar-refractivity contribution is -0.352. The first kappa shape index (κ1) is 19.5. The molecule has 0 saturated carbocycles. The predicted molar refractivity (Wildman–Crippen MR) is 105 cm³/mol. The zero-order chi connectivity index (χ0) is 16.9. The van der Waals surface area contributed by atoms with Gasteiger partial charge in [-0.1, -0.05) is 45.2 Å². The molecule has 0 fully saturated rings. The molecule has 0 bridgehead atoms. The number of hydrogen-bond donors (Lipinski definition) is 2. The van der Waals surface area contributed by atoms with Crippen LogP contribution in [-0.4, -0.2) is 5.84 Å².